The smallest absolute Gasteiger partial charge is 0.209 e. The molecule has 0 saturated carbocycles. The van der Waals surface area contributed by atoms with E-state index in [9.17, 15) is 9.90 Å². The highest BCUT2D eigenvalue weighted by molar-refractivity contribution is 7.15. The third-order valence-electron chi connectivity index (χ3n) is 5.90. The predicted octanol–water partition coefficient (Wildman–Crippen LogP) is 5.27. The largest absolute Gasteiger partial charge is 0.506 e. The normalized spacial score (nSPS) is 14.7. The molecule has 2 aliphatic carbocycles. The second-order valence-electron chi connectivity index (χ2n) is 7.82. The quantitative estimate of drug-likeness (QED) is 0.442. The maximum atomic E-state index is 12.6. The second kappa shape index (κ2) is 7.10. The molecule has 2 heterocycles. The van der Waals surface area contributed by atoms with Crippen LogP contribution in [0.4, 0.5) is 5.13 Å². The molecule has 2 aliphatic rings. The first kappa shape index (κ1) is 18.9. The number of aryl methyl sites for hydroxylation is 2. The van der Waals surface area contributed by atoms with Gasteiger partial charge in [-0.3, -0.25) is 4.79 Å². The number of aromatic nitrogens is 3. The van der Waals surface area contributed by atoms with Crippen molar-refractivity contribution in [2.45, 2.75) is 19.8 Å². The monoisotopic (exact) mass is 438 g/mol. The Morgan fingerprint density at radius 3 is 2.59 bits per heavy atom. The summed E-state index contributed by atoms with van der Waals surface area (Å²) in [6.45, 7) is 2.01. The minimum Gasteiger partial charge on any atom is -0.506 e. The molecule has 1 N–H and O–H groups in total. The summed E-state index contributed by atoms with van der Waals surface area (Å²) < 4.78 is 2.01. The summed E-state index contributed by atoms with van der Waals surface area (Å²) in [6.07, 6.45) is 3.18. The number of carbonyl (C=O) groups is 1. The summed E-state index contributed by atoms with van der Waals surface area (Å²) in [6, 6.07) is 17.2. The number of hydrogen-bond donors (Lipinski definition) is 1. The van der Waals surface area contributed by atoms with Gasteiger partial charge in [0, 0.05) is 27.8 Å². The van der Waals surface area contributed by atoms with Gasteiger partial charge in [0.15, 0.2) is 5.78 Å². The van der Waals surface area contributed by atoms with Gasteiger partial charge in [-0.1, -0.05) is 53.8 Å². The summed E-state index contributed by atoms with van der Waals surface area (Å²) >= 11 is 1.52. The molecule has 0 aliphatic heterocycles. The molecule has 0 fully saturated rings. The molecule has 0 unspecified atom stereocenters. The van der Waals surface area contributed by atoms with Gasteiger partial charge < -0.3 is 5.11 Å². The fourth-order valence-corrected chi connectivity index (χ4v) is 5.32. The fraction of sp³-hybridized carbons (Fsp3) is 0.120. The topological polar surface area (TPSA) is 80.4 Å². The van der Waals surface area contributed by atoms with E-state index >= 15 is 0 Å². The molecular weight excluding hydrogens is 420 g/mol. The Balaban J connectivity index is 1.37. The van der Waals surface area contributed by atoms with Crippen molar-refractivity contribution in [3.63, 3.8) is 0 Å². The Morgan fingerprint density at radius 2 is 1.81 bits per heavy atom. The van der Waals surface area contributed by atoms with E-state index < -0.39 is 0 Å². The molecule has 0 amide bonds. The average Bonchev–Trinajstić information content (AvgIpc) is 3.46. The number of aliphatic imine (C=N–C) groups is 1. The molecule has 32 heavy (non-hydrogen) atoms. The highest BCUT2D eigenvalue weighted by Gasteiger charge is 2.29. The number of benzene rings is 2. The first-order chi connectivity index (χ1) is 15.6. The van der Waals surface area contributed by atoms with E-state index in [2.05, 4.69) is 17.1 Å². The van der Waals surface area contributed by atoms with Gasteiger partial charge in [-0.05, 0) is 31.9 Å². The first-order valence-electron chi connectivity index (χ1n) is 10.4. The van der Waals surface area contributed by atoms with E-state index in [4.69, 9.17) is 10.1 Å². The molecule has 0 spiro atoms. The van der Waals surface area contributed by atoms with Gasteiger partial charge in [-0.2, -0.15) is 5.10 Å². The molecule has 0 saturated heterocycles. The third kappa shape index (κ3) is 2.78. The molecule has 6 nitrogen and oxygen atoms in total. The molecule has 156 valence electrons. The van der Waals surface area contributed by atoms with Crippen LogP contribution in [0.25, 0.3) is 22.7 Å². The highest BCUT2D eigenvalue weighted by atomic mass is 32.1. The summed E-state index contributed by atoms with van der Waals surface area (Å²) in [5.74, 6) is -0.247. The number of carbonyl (C=O) groups excluding carboxylic acids is 1. The van der Waals surface area contributed by atoms with E-state index in [0.29, 0.717) is 16.3 Å². The van der Waals surface area contributed by atoms with Crippen LogP contribution in [0.1, 0.15) is 32.2 Å². The van der Waals surface area contributed by atoms with Gasteiger partial charge in [-0.25, -0.2) is 14.7 Å². The van der Waals surface area contributed by atoms with Crippen molar-refractivity contribution in [1.82, 2.24) is 14.8 Å². The number of fused-ring (bicyclic) bond motifs is 4. The first-order valence-corrected chi connectivity index (χ1v) is 11.2. The van der Waals surface area contributed by atoms with Crippen molar-refractivity contribution in [3.8, 4) is 16.9 Å². The van der Waals surface area contributed by atoms with Crippen LogP contribution in [-0.4, -0.2) is 31.9 Å². The standard InChI is InChI=1S/C25H18N4O2S/c1-14-21-19(29(28-14)15-7-3-2-4-8-15)11-12-20-22(21)27-25(32-20)26-13-18-23(30)16-9-5-6-10-17(16)24(18)31/h2-10,13,30H,11-12H2,1H3/b26-13+. The van der Waals surface area contributed by atoms with Crippen molar-refractivity contribution in [2.24, 2.45) is 4.99 Å². The third-order valence-corrected chi connectivity index (χ3v) is 6.92. The van der Waals surface area contributed by atoms with Crippen LogP contribution < -0.4 is 0 Å². The zero-order chi connectivity index (χ0) is 21.8. The van der Waals surface area contributed by atoms with Crippen molar-refractivity contribution in [1.29, 1.82) is 0 Å². The summed E-state index contributed by atoms with van der Waals surface area (Å²) in [5.41, 5.74) is 6.37. The van der Waals surface area contributed by atoms with E-state index in [1.807, 2.05) is 29.8 Å². The molecule has 0 bridgehead atoms. The van der Waals surface area contributed by atoms with Crippen molar-refractivity contribution >= 4 is 34.2 Å². The molecule has 4 aromatic rings. The van der Waals surface area contributed by atoms with Gasteiger partial charge >= 0.3 is 0 Å². The maximum Gasteiger partial charge on any atom is 0.209 e. The van der Waals surface area contributed by atoms with Crippen molar-refractivity contribution in [3.05, 3.63) is 87.6 Å². The SMILES string of the molecule is Cc1nn(-c2ccccc2)c2c1-c1nc(/N=C/C3=C(O)c4ccccc4C3=O)sc1CC2. The van der Waals surface area contributed by atoms with Gasteiger partial charge in [0.05, 0.1) is 28.3 Å². The number of rotatable bonds is 3. The minimum atomic E-state index is -0.217. The number of aliphatic hydroxyl groups is 1. The number of para-hydroxylation sites is 1. The molecule has 0 radical (unpaired) electrons. The second-order valence-corrected chi connectivity index (χ2v) is 8.88. The summed E-state index contributed by atoms with van der Waals surface area (Å²) in [4.78, 5) is 23.0. The molecule has 6 rings (SSSR count). The fourth-order valence-electron chi connectivity index (χ4n) is 4.41. The lowest BCUT2D eigenvalue weighted by molar-refractivity contribution is 0.104. The van der Waals surface area contributed by atoms with Gasteiger partial charge in [0.2, 0.25) is 5.13 Å². The lowest BCUT2D eigenvalue weighted by Crippen LogP contribution is -2.07. The van der Waals surface area contributed by atoms with Crippen LogP contribution >= 0.6 is 11.3 Å². The van der Waals surface area contributed by atoms with Crippen LogP contribution in [0, 0.1) is 6.92 Å². The molecular formula is C25H18N4O2S. The predicted molar refractivity (Wildman–Crippen MR) is 125 cm³/mol. The Labute approximate surface area is 188 Å². The van der Waals surface area contributed by atoms with Gasteiger partial charge in [-0.15, -0.1) is 0 Å². The number of hydrogen-bond acceptors (Lipinski definition) is 6. The number of thiazole rings is 1. The van der Waals surface area contributed by atoms with Crippen molar-refractivity contribution < 1.29 is 9.90 Å². The summed E-state index contributed by atoms with van der Waals surface area (Å²) in [5, 5.41) is 15.8. The van der Waals surface area contributed by atoms with Crippen LogP contribution in [-0.2, 0) is 12.8 Å². The van der Waals surface area contributed by atoms with Gasteiger partial charge in [0.1, 0.15) is 5.76 Å². The van der Waals surface area contributed by atoms with Crippen LogP contribution in [0.3, 0.4) is 0 Å². The number of nitrogens with zero attached hydrogens (tertiary/aromatic N) is 4. The minimum absolute atomic E-state index is 0.0297. The average molecular weight is 439 g/mol. The number of allylic oxidation sites excluding steroid dienone is 1. The van der Waals surface area contributed by atoms with Crippen LogP contribution in [0.2, 0.25) is 0 Å². The Hall–Kier alpha value is -3.84. The van der Waals surface area contributed by atoms with Crippen LogP contribution in [0.15, 0.2) is 65.2 Å². The van der Waals surface area contributed by atoms with Gasteiger partial charge in [0.25, 0.3) is 0 Å². The number of ketones is 1. The van der Waals surface area contributed by atoms with Crippen LogP contribution in [0.5, 0.6) is 0 Å². The van der Waals surface area contributed by atoms with E-state index in [-0.39, 0.29) is 17.1 Å². The molecule has 2 aromatic carbocycles. The zero-order valence-electron chi connectivity index (χ0n) is 17.2. The van der Waals surface area contributed by atoms with Crippen molar-refractivity contribution in [2.75, 3.05) is 0 Å². The Kier molecular flexibility index (Phi) is 4.19. The maximum absolute atomic E-state index is 12.6. The molecule has 7 heteroatoms. The Morgan fingerprint density at radius 1 is 1.06 bits per heavy atom. The summed E-state index contributed by atoms with van der Waals surface area (Å²) in [7, 11) is 0. The molecule has 0 atom stereocenters. The molecule has 2 aromatic heterocycles. The van der Waals surface area contributed by atoms with E-state index in [0.717, 1.165) is 41.2 Å². The lowest BCUT2D eigenvalue weighted by atomic mass is 9.98. The van der Waals surface area contributed by atoms with E-state index in [1.54, 1.807) is 24.3 Å². The number of aliphatic hydroxyl groups excluding tert-OH is 1. The van der Waals surface area contributed by atoms with E-state index in [1.165, 1.54) is 22.4 Å². The number of Topliss-reactive ketones (excluding diaryl/α,β-unsaturated/α-hetero) is 1. The lowest BCUT2D eigenvalue weighted by Gasteiger charge is -2.13. The Bertz CT molecular complexity index is 1460. The highest BCUT2D eigenvalue weighted by Crippen LogP contribution is 2.41. The zero-order valence-corrected chi connectivity index (χ0v) is 18.1.